The first-order valence-electron chi connectivity index (χ1n) is 4.13. The molecular weight excluding hydrogens is 208 g/mol. The molecule has 1 aromatic rings. The fourth-order valence-corrected chi connectivity index (χ4v) is 2.10. The number of hydrogen-bond acceptors (Lipinski definition) is 2. The lowest BCUT2D eigenvalue weighted by Crippen LogP contribution is -2.16. The normalized spacial score (nSPS) is 12.8. The Kier molecular flexibility index (Phi) is 4.16. The van der Waals surface area contributed by atoms with Crippen LogP contribution in [0.5, 0.6) is 0 Å². The van der Waals surface area contributed by atoms with Gasteiger partial charge in [0.15, 0.2) is 0 Å². The molecule has 0 aliphatic carbocycles. The van der Waals surface area contributed by atoms with Crippen molar-refractivity contribution in [2.45, 2.75) is 4.90 Å². The molecule has 0 amide bonds. The lowest BCUT2D eigenvalue weighted by molar-refractivity contribution is 0.572. The molecule has 0 radical (unpaired) electrons. The van der Waals surface area contributed by atoms with Crippen LogP contribution in [0.25, 0.3) is 0 Å². The van der Waals surface area contributed by atoms with Gasteiger partial charge in [0, 0.05) is 12.3 Å². The van der Waals surface area contributed by atoms with Crippen molar-refractivity contribution in [3.8, 4) is 0 Å². The summed E-state index contributed by atoms with van der Waals surface area (Å²) in [6.07, 6.45) is 0. The van der Waals surface area contributed by atoms with Gasteiger partial charge in [0.1, 0.15) is 11.6 Å². The van der Waals surface area contributed by atoms with Crippen molar-refractivity contribution in [3.05, 3.63) is 29.8 Å². The van der Waals surface area contributed by atoms with Gasteiger partial charge in [-0.2, -0.15) is 0 Å². The number of nitrogens with one attached hydrogen (secondary N) is 1. The van der Waals surface area contributed by atoms with Gasteiger partial charge >= 0.3 is 0 Å². The Bertz CT molecular complexity index is 344. The van der Waals surface area contributed by atoms with Crippen molar-refractivity contribution in [2.75, 3.05) is 19.3 Å². The lowest BCUT2D eigenvalue weighted by atomic mass is 10.3. The summed E-state index contributed by atoms with van der Waals surface area (Å²) in [6.45, 7) is 0.503. The summed E-state index contributed by atoms with van der Waals surface area (Å²) >= 11 is 0. The van der Waals surface area contributed by atoms with Crippen LogP contribution >= 0.6 is 0 Å². The molecule has 0 saturated carbocycles. The zero-order chi connectivity index (χ0) is 10.6. The molecule has 1 aromatic carbocycles. The second kappa shape index (κ2) is 5.17. The van der Waals surface area contributed by atoms with Gasteiger partial charge in [-0.15, -0.1) is 0 Å². The van der Waals surface area contributed by atoms with Crippen LogP contribution in [0.3, 0.4) is 0 Å². The monoisotopic (exact) mass is 219 g/mol. The molecule has 0 saturated heterocycles. The van der Waals surface area contributed by atoms with E-state index in [2.05, 4.69) is 5.32 Å². The van der Waals surface area contributed by atoms with E-state index in [1.807, 2.05) is 0 Å². The van der Waals surface area contributed by atoms with E-state index in [1.165, 1.54) is 0 Å². The Morgan fingerprint density at radius 3 is 2.79 bits per heavy atom. The van der Waals surface area contributed by atoms with Crippen LogP contribution in [0.2, 0.25) is 0 Å². The maximum Gasteiger partial charge on any atom is 0.139 e. The Hall–Kier alpha value is -0.810. The van der Waals surface area contributed by atoms with E-state index in [1.54, 1.807) is 7.05 Å². The molecule has 0 bridgehead atoms. The van der Waals surface area contributed by atoms with Crippen molar-refractivity contribution < 1.29 is 13.0 Å². The molecule has 1 rings (SSSR count). The van der Waals surface area contributed by atoms with Gasteiger partial charge in [-0.3, -0.25) is 4.21 Å². The fraction of sp³-hybridized carbons (Fsp3) is 0.333. The van der Waals surface area contributed by atoms with Gasteiger partial charge in [0.2, 0.25) is 0 Å². The van der Waals surface area contributed by atoms with E-state index in [0.29, 0.717) is 6.54 Å². The summed E-state index contributed by atoms with van der Waals surface area (Å²) in [5.74, 6) is -0.920. The van der Waals surface area contributed by atoms with E-state index < -0.39 is 22.4 Å². The predicted molar refractivity (Wildman–Crippen MR) is 51.6 cm³/mol. The van der Waals surface area contributed by atoms with Gasteiger partial charge in [-0.05, 0) is 25.2 Å². The highest BCUT2D eigenvalue weighted by Crippen LogP contribution is 2.13. The minimum Gasteiger partial charge on any atom is -0.319 e. The van der Waals surface area contributed by atoms with Crippen molar-refractivity contribution in [2.24, 2.45) is 0 Å². The number of benzene rings is 1. The number of halogens is 2. The van der Waals surface area contributed by atoms with Crippen LogP contribution in [-0.4, -0.2) is 23.6 Å². The molecule has 1 unspecified atom stereocenters. The first-order valence-corrected chi connectivity index (χ1v) is 5.45. The van der Waals surface area contributed by atoms with Crippen LogP contribution in [-0.2, 0) is 10.8 Å². The van der Waals surface area contributed by atoms with Gasteiger partial charge in [0.25, 0.3) is 0 Å². The maximum absolute atomic E-state index is 13.1. The van der Waals surface area contributed by atoms with E-state index in [9.17, 15) is 13.0 Å². The zero-order valence-electron chi connectivity index (χ0n) is 7.72. The van der Waals surface area contributed by atoms with E-state index in [4.69, 9.17) is 0 Å². The lowest BCUT2D eigenvalue weighted by Gasteiger charge is -2.03. The molecule has 0 fully saturated rings. The molecule has 14 heavy (non-hydrogen) atoms. The molecule has 1 atom stereocenters. The second-order valence-corrected chi connectivity index (χ2v) is 4.27. The standard InChI is InChI=1S/C9H11F2NOS/c1-12-4-5-14(13)9-6-7(10)2-3-8(9)11/h2-3,6,12H,4-5H2,1H3. The summed E-state index contributed by atoms with van der Waals surface area (Å²) in [6, 6.07) is 2.97. The summed E-state index contributed by atoms with van der Waals surface area (Å²) in [5, 5.41) is 2.79. The molecule has 0 aliphatic heterocycles. The van der Waals surface area contributed by atoms with Crippen LogP contribution in [0.1, 0.15) is 0 Å². The molecule has 0 aromatic heterocycles. The third kappa shape index (κ3) is 2.85. The molecule has 0 spiro atoms. The molecule has 78 valence electrons. The Morgan fingerprint density at radius 1 is 1.43 bits per heavy atom. The minimum absolute atomic E-state index is 0.0692. The van der Waals surface area contributed by atoms with Gasteiger partial charge in [0.05, 0.1) is 15.7 Å². The smallest absolute Gasteiger partial charge is 0.139 e. The zero-order valence-corrected chi connectivity index (χ0v) is 8.54. The van der Waals surface area contributed by atoms with E-state index in [0.717, 1.165) is 18.2 Å². The van der Waals surface area contributed by atoms with E-state index in [-0.39, 0.29) is 10.6 Å². The third-order valence-electron chi connectivity index (χ3n) is 1.68. The molecule has 0 heterocycles. The van der Waals surface area contributed by atoms with Crippen molar-refractivity contribution in [1.82, 2.24) is 5.32 Å². The second-order valence-electron chi connectivity index (χ2n) is 2.73. The highest BCUT2D eigenvalue weighted by atomic mass is 32.2. The Balaban J connectivity index is 2.83. The third-order valence-corrected chi connectivity index (χ3v) is 3.05. The summed E-state index contributed by atoms with van der Waals surface area (Å²) in [4.78, 5) is -0.0692. The quantitative estimate of drug-likeness (QED) is 0.826. The summed E-state index contributed by atoms with van der Waals surface area (Å²) < 4.78 is 37.2. The van der Waals surface area contributed by atoms with Crippen molar-refractivity contribution in [1.29, 1.82) is 0 Å². The van der Waals surface area contributed by atoms with Crippen molar-refractivity contribution in [3.63, 3.8) is 0 Å². The summed E-state index contributed by atoms with van der Waals surface area (Å²) in [7, 11) is 0.225. The minimum atomic E-state index is -1.48. The first kappa shape index (κ1) is 11.3. The van der Waals surface area contributed by atoms with Gasteiger partial charge in [-0.25, -0.2) is 8.78 Å². The Labute approximate surface area is 83.8 Å². The SMILES string of the molecule is CNCCS(=O)c1cc(F)ccc1F. The highest BCUT2D eigenvalue weighted by molar-refractivity contribution is 7.85. The molecule has 5 heteroatoms. The molecule has 0 aliphatic rings. The number of hydrogen-bond donors (Lipinski definition) is 1. The highest BCUT2D eigenvalue weighted by Gasteiger charge is 2.10. The number of rotatable bonds is 4. The van der Waals surface area contributed by atoms with Gasteiger partial charge in [-0.1, -0.05) is 0 Å². The van der Waals surface area contributed by atoms with Gasteiger partial charge < -0.3 is 5.32 Å². The summed E-state index contributed by atoms with van der Waals surface area (Å²) in [5.41, 5.74) is 0. The maximum atomic E-state index is 13.1. The topological polar surface area (TPSA) is 29.1 Å². The molecule has 2 nitrogen and oxygen atoms in total. The van der Waals surface area contributed by atoms with Crippen LogP contribution < -0.4 is 5.32 Å². The average Bonchev–Trinajstić information content (AvgIpc) is 2.18. The largest absolute Gasteiger partial charge is 0.319 e. The van der Waals surface area contributed by atoms with Crippen molar-refractivity contribution >= 4 is 10.8 Å². The van der Waals surface area contributed by atoms with Crippen LogP contribution in [0.4, 0.5) is 8.78 Å². The van der Waals surface area contributed by atoms with Crippen LogP contribution in [0, 0.1) is 11.6 Å². The average molecular weight is 219 g/mol. The molecular formula is C9H11F2NOS. The van der Waals surface area contributed by atoms with Crippen LogP contribution in [0.15, 0.2) is 23.1 Å². The Morgan fingerprint density at radius 2 is 2.14 bits per heavy atom. The predicted octanol–water partition coefficient (Wildman–Crippen LogP) is 1.29. The first-order chi connectivity index (χ1) is 6.65. The fourth-order valence-electron chi connectivity index (χ4n) is 0.956. The molecule has 1 N–H and O–H groups in total. The van der Waals surface area contributed by atoms with E-state index >= 15 is 0 Å².